The Labute approximate surface area is 107 Å². The zero-order valence-electron chi connectivity index (χ0n) is 9.68. The molecule has 8 heteroatoms. The molecule has 2 rings (SSSR count). The highest BCUT2D eigenvalue weighted by Crippen LogP contribution is 2.31. The Hall–Kier alpha value is -1.25. The first-order valence-corrected chi connectivity index (χ1v) is 6.49. The number of hydrogen-bond acceptors (Lipinski definition) is 8. The molecule has 0 aliphatic carbocycles. The van der Waals surface area contributed by atoms with Crippen LogP contribution in [0.15, 0.2) is 9.37 Å². The number of nitrogens with zero attached hydrogens (tertiary/aromatic N) is 4. The van der Waals surface area contributed by atoms with Crippen molar-refractivity contribution in [3.63, 3.8) is 0 Å². The van der Waals surface area contributed by atoms with Crippen LogP contribution in [0.3, 0.4) is 0 Å². The second-order valence-electron chi connectivity index (χ2n) is 3.40. The lowest BCUT2D eigenvalue weighted by atomic mass is 10.3. The number of hydrogen-bond donors (Lipinski definition) is 2. The summed E-state index contributed by atoms with van der Waals surface area (Å²) in [6, 6.07) is 0. The number of aryl methyl sites for hydroxylation is 2. The normalized spacial score (nSPS) is 10.6. The molecule has 0 aliphatic heterocycles. The molecule has 0 unspecified atom stereocenters. The van der Waals surface area contributed by atoms with Gasteiger partial charge in [-0.05, 0) is 44.1 Å². The molecule has 17 heavy (non-hydrogen) atoms. The summed E-state index contributed by atoms with van der Waals surface area (Å²) in [4.78, 5) is 12.9. The summed E-state index contributed by atoms with van der Waals surface area (Å²) >= 11 is 2.84. The van der Waals surface area contributed by atoms with Crippen molar-refractivity contribution >= 4 is 29.1 Å². The minimum absolute atomic E-state index is 0.640. The monoisotopic (exact) mass is 268 g/mol. The van der Waals surface area contributed by atoms with Crippen molar-refractivity contribution in [3.8, 4) is 0 Å². The van der Waals surface area contributed by atoms with Crippen molar-refractivity contribution in [3.05, 3.63) is 17.2 Å². The van der Waals surface area contributed by atoms with Gasteiger partial charge in [0.2, 0.25) is 0 Å². The maximum absolute atomic E-state index is 5.41. The molecule has 0 bridgehead atoms. The third kappa shape index (κ3) is 2.71. The van der Waals surface area contributed by atoms with Crippen molar-refractivity contribution < 1.29 is 0 Å². The predicted molar refractivity (Wildman–Crippen MR) is 68.1 cm³/mol. The van der Waals surface area contributed by atoms with Crippen LogP contribution in [0, 0.1) is 20.8 Å². The standard InChI is InChI=1S/C9H12N6S2/c1-4-7(14-10)11-5(2)12-8(4)16-9-13-6(3)15-17-9/h10H2,1-3H3,(H,11,12,14). The molecule has 2 aromatic heterocycles. The highest BCUT2D eigenvalue weighted by Gasteiger charge is 2.12. The van der Waals surface area contributed by atoms with E-state index >= 15 is 0 Å². The predicted octanol–water partition coefficient (Wildman–Crippen LogP) is 1.69. The molecule has 0 aromatic carbocycles. The second-order valence-corrected chi connectivity index (χ2v) is 5.39. The zero-order valence-corrected chi connectivity index (χ0v) is 11.3. The van der Waals surface area contributed by atoms with Crippen molar-refractivity contribution in [2.75, 3.05) is 5.43 Å². The number of nitrogen functional groups attached to an aromatic ring is 1. The number of aromatic nitrogens is 4. The van der Waals surface area contributed by atoms with Gasteiger partial charge in [-0.25, -0.2) is 20.8 Å². The van der Waals surface area contributed by atoms with Gasteiger partial charge in [0.05, 0.1) is 0 Å². The maximum atomic E-state index is 5.41. The molecule has 3 N–H and O–H groups in total. The van der Waals surface area contributed by atoms with E-state index in [0.29, 0.717) is 11.6 Å². The molecule has 0 spiro atoms. The molecule has 0 atom stereocenters. The van der Waals surface area contributed by atoms with E-state index in [4.69, 9.17) is 5.84 Å². The third-order valence-corrected chi connectivity index (χ3v) is 3.98. The summed E-state index contributed by atoms with van der Waals surface area (Å²) in [5.41, 5.74) is 3.48. The van der Waals surface area contributed by atoms with Crippen molar-refractivity contribution in [1.82, 2.24) is 19.3 Å². The van der Waals surface area contributed by atoms with Gasteiger partial charge < -0.3 is 5.43 Å². The first-order chi connectivity index (χ1) is 8.10. The van der Waals surface area contributed by atoms with Gasteiger partial charge in [-0.2, -0.15) is 4.37 Å². The SMILES string of the molecule is Cc1nsc(Sc2nc(C)nc(NN)c2C)n1. The fourth-order valence-corrected chi connectivity index (χ4v) is 2.94. The lowest BCUT2D eigenvalue weighted by Crippen LogP contribution is -2.12. The van der Waals surface area contributed by atoms with Crippen LogP contribution in [0.25, 0.3) is 0 Å². The molecule has 2 heterocycles. The number of hydrazine groups is 1. The zero-order chi connectivity index (χ0) is 12.4. The van der Waals surface area contributed by atoms with E-state index in [0.717, 1.165) is 20.8 Å². The van der Waals surface area contributed by atoms with Gasteiger partial charge in [0.15, 0.2) is 4.34 Å². The summed E-state index contributed by atoms with van der Waals surface area (Å²) in [6.07, 6.45) is 0. The lowest BCUT2D eigenvalue weighted by Gasteiger charge is -2.08. The van der Waals surface area contributed by atoms with E-state index in [2.05, 4.69) is 24.8 Å². The molecule has 0 amide bonds. The van der Waals surface area contributed by atoms with Crippen molar-refractivity contribution in [1.29, 1.82) is 0 Å². The Balaban J connectivity index is 2.35. The number of rotatable bonds is 3. The van der Waals surface area contributed by atoms with Gasteiger partial charge in [-0.1, -0.05) is 0 Å². The summed E-state index contributed by atoms with van der Waals surface area (Å²) in [6.45, 7) is 5.62. The Kier molecular flexibility index (Phi) is 3.55. The molecule has 2 aromatic rings. The van der Waals surface area contributed by atoms with Gasteiger partial charge in [-0.15, -0.1) is 0 Å². The topological polar surface area (TPSA) is 89.6 Å². The fourth-order valence-electron chi connectivity index (χ4n) is 1.24. The maximum Gasteiger partial charge on any atom is 0.176 e. The minimum Gasteiger partial charge on any atom is -0.308 e. The Morgan fingerprint density at radius 1 is 1.12 bits per heavy atom. The smallest absolute Gasteiger partial charge is 0.176 e. The Morgan fingerprint density at radius 2 is 1.88 bits per heavy atom. The van der Waals surface area contributed by atoms with E-state index in [-0.39, 0.29) is 0 Å². The Bertz CT molecular complexity index is 538. The van der Waals surface area contributed by atoms with Gasteiger partial charge in [0, 0.05) is 5.56 Å². The van der Waals surface area contributed by atoms with Crippen LogP contribution in [-0.4, -0.2) is 19.3 Å². The molecule has 0 saturated heterocycles. The van der Waals surface area contributed by atoms with E-state index < -0.39 is 0 Å². The lowest BCUT2D eigenvalue weighted by molar-refractivity contribution is 0.934. The largest absolute Gasteiger partial charge is 0.308 e. The highest BCUT2D eigenvalue weighted by atomic mass is 32.2. The molecule has 6 nitrogen and oxygen atoms in total. The second kappa shape index (κ2) is 4.94. The summed E-state index contributed by atoms with van der Waals surface area (Å²) in [5, 5.41) is 0.849. The van der Waals surface area contributed by atoms with Crippen LogP contribution in [0.4, 0.5) is 5.82 Å². The summed E-state index contributed by atoms with van der Waals surface area (Å²) in [7, 11) is 0. The first kappa shape index (κ1) is 12.2. The van der Waals surface area contributed by atoms with Gasteiger partial charge in [-0.3, -0.25) is 0 Å². The van der Waals surface area contributed by atoms with Crippen LogP contribution in [0.2, 0.25) is 0 Å². The fraction of sp³-hybridized carbons (Fsp3) is 0.333. The molecule has 0 saturated carbocycles. The van der Waals surface area contributed by atoms with Crippen molar-refractivity contribution in [2.24, 2.45) is 5.84 Å². The average molecular weight is 268 g/mol. The molecular weight excluding hydrogens is 256 g/mol. The number of nitrogens with two attached hydrogens (primary N) is 1. The van der Waals surface area contributed by atoms with Gasteiger partial charge in [0.25, 0.3) is 0 Å². The molecule has 0 fully saturated rings. The Morgan fingerprint density at radius 3 is 2.47 bits per heavy atom. The van der Waals surface area contributed by atoms with Crippen LogP contribution in [0.5, 0.6) is 0 Å². The quantitative estimate of drug-likeness (QED) is 0.497. The van der Waals surface area contributed by atoms with E-state index in [1.165, 1.54) is 23.3 Å². The molecule has 90 valence electrons. The van der Waals surface area contributed by atoms with Crippen LogP contribution < -0.4 is 11.3 Å². The van der Waals surface area contributed by atoms with E-state index in [1.54, 1.807) is 0 Å². The van der Waals surface area contributed by atoms with E-state index in [9.17, 15) is 0 Å². The number of nitrogens with one attached hydrogen (secondary N) is 1. The molecule has 0 radical (unpaired) electrons. The van der Waals surface area contributed by atoms with Crippen LogP contribution in [0.1, 0.15) is 17.2 Å². The van der Waals surface area contributed by atoms with Crippen LogP contribution in [-0.2, 0) is 0 Å². The summed E-state index contributed by atoms with van der Waals surface area (Å²) in [5.74, 6) is 7.50. The highest BCUT2D eigenvalue weighted by molar-refractivity contribution is 8.00. The van der Waals surface area contributed by atoms with E-state index in [1.807, 2.05) is 20.8 Å². The summed E-state index contributed by atoms with van der Waals surface area (Å²) < 4.78 is 5.00. The molecular formula is C9H12N6S2. The number of anilines is 1. The third-order valence-electron chi connectivity index (χ3n) is 2.04. The first-order valence-electron chi connectivity index (χ1n) is 4.90. The van der Waals surface area contributed by atoms with Gasteiger partial charge in [0.1, 0.15) is 22.5 Å². The van der Waals surface area contributed by atoms with Gasteiger partial charge >= 0.3 is 0 Å². The average Bonchev–Trinajstić information content (AvgIpc) is 2.69. The van der Waals surface area contributed by atoms with Crippen LogP contribution >= 0.6 is 23.3 Å². The van der Waals surface area contributed by atoms with Crippen molar-refractivity contribution in [2.45, 2.75) is 30.1 Å². The minimum atomic E-state index is 0.640. The molecule has 0 aliphatic rings.